The molecule has 0 saturated carbocycles. The van der Waals surface area contributed by atoms with Crippen LogP contribution in [0.25, 0.3) is 0 Å². The molecule has 0 bridgehead atoms. The Kier molecular flexibility index (Phi) is 5.72. The van der Waals surface area contributed by atoms with Gasteiger partial charge < -0.3 is 15.4 Å². The fourth-order valence-electron chi connectivity index (χ4n) is 1.93. The summed E-state index contributed by atoms with van der Waals surface area (Å²) in [7, 11) is 1.58. The van der Waals surface area contributed by atoms with Gasteiger partial charge in [0.05, 0.1) is 12.0 Å². The van der Waals surface area contributed by atoms with E-state index in [1.807, 2.05) is 0 Å². The molecule has 2 aromatic carbocycles. The number of thiocarbonyl (C=S) groups is 1. The van der Waals surface area contributed by atoms with Gasteiger partial charge >= 0.3 is 0 Å². The molecular weight excluding hydrogens is 338 g/mol. The molecule has 2 N–H and O–H groups in total. The smallest absolute Gasteiger partial charge is 0.271 e. The molecule has 120 valence electrons. The highest BCUT2D eigenvalue weighted by atomic mass is 35.5. The molecule has 0 aromatic heterocycles. The number of hydrogen-bond acceptors (Lipinski definition) is 4. The molecule has 0 unspecified atom stereocenters. The standard InChI is InChI=1S/C15H14ClN3O3S/c1-22-14-6-5-11(16)7-10(14)9-17-15(23)18-12-3-2-4-13(8-12)19(20)21/h2-8H,9H2,1H3,(H2,17,18,23). The van der Waals surface area contributed by atoms with Gasteiger partial charge in [-0.05, 0) is 36.5 Å². The van der Waals surface area contributed by atoms with Crippen molar-refractivity contribution in [1.82, 2.24) is 5.32 Å². The van der Waals surface area contributed by atoms with E-state index in [1.165, 1.54) is 12.1 Å². The number of nitro benzene ring substituents is 1. The van der Waals surface area contributed by atoms with Crippen LogP contribution in [0, 0.1) is 10.1 Å². The first-order chi connectivity index (χ1) is 11.0. The topological polar surface area (TPSA) is 76.4 Å². The number of non-ortho nitro benzene ring substituents is 1. The summed E-state index contributed by atoms with van der Waals surface area (Å²) in [6.07, 6.45) is 0. The minimum Gasteiger partial charge on any atom is -0.496 e. The van der Waals surface area contributed by atoms with Crippen molar-refractivity contribution in [2.45, 2.75) is 6.54 Å². The first-order valence-corrected chi connectivity index (χ1v) is 7.40. The maximum absolute atomic E-state index is 10.8. The number of nitrogens with zero attached hydrogens (tertiary/aromatic N) is 1. The van der Waals surface area contributed by atoms with Crippen molar-refractivity contribution in [2.75, 3.05) is 12.4 Å². The molecule has 0 aliphatic rings. The zero-order chi connectivity index (χ0) is 16.8. The highest BCUT2D eigenvalue weighted by Gasteiger charge is 2.08. The predicted octanol–water partition coefficient (Wildman–Crippen LogP) is 3.74. The largest absolute Gasteiger partial charge is 0.496 e. The highest BCUT2D eigenvalue weighted by Crippen LogP contribution is 2.22. The number of nitrogens with one attached hydrogen (secondary N) is 2. The van der Waals surface area contributed by atoms with Crippen LogP contribution >= 0.6 is 23.8 Å². The molecule has 2 aromatic rings. The molecule has 23 heavy (non-hydrogen) atoms. The van der Waals surface area contributed by atoms with Gasteiger partial charge in [0.1, 0.15) is 5.75 Å². The summed E-state index contributed by atoms with van der Waals surface area (Å²) in [5, 5.41) is 17.6. The number of halogens is 1. The van der Waals surface area contributed by atoms with Gasteiger partial charge in [0.25, 0.3) is 5.69 Å². The lowest BCUT2D eigenvalue weighted by atomic mass is 10.2. The van der Waals surface area contributed by atoms with Gasteiger partial charge in [-0.3, -0.25) is 10.1 Å². The maximum atomic E-state index is 10.8. The average Bonchev–Trinajstić information content (AvgIpc) is 2.53. The summed E-state index contributed by atoms with van der Waals surface area (Å²) in [5.41, 5.74) is 1.38. The fraction of sp³-hybridized carbons (Fsp3) is 0.133. The van der Waals surface area contributed by atoms with E-state index in [9.17, 15) is 10.1 Å². The van der Waals surface area contributed by atoms with E-state index in [4.69, 9.17) is 28.6 Å². The minimum absolute atomic E-state index is 0.00527. The van der Waals surface area contributed by atoms with Crippen LogP contribution in [-0.2, 0) is 6.54 Å². The summed E-state index contributed by atoms with van der Waals surface area (Å²) >= 11 is 11.2. The van der Waals surface area contributed by atoms with Crippen LogP contribution in [0.5, 0.6) is 5.75 Å². The molecule has 0 atom stereocenters. The van der Waals surface area contributed by atoms with Crippen LogP contribution in [0.2, 0.25) is 5.02 Å². The van der Waals surface area contributed by atoms with Crippen LogP contribution in [0.15, 0.2) is 42.5 Å². The SMILES string of the molecule is COc1ccc(Cl)cc1CNC(=S)Nc1cccc([N+](=O)[O-])c1. The second-order valence-electron chi connectivity index (χ2n) is 4.57. The number of anilines is 1. The Labute approximate surface area is 143 Å². The van der Waals surface area contributed by atoms with Gasteiger partial charge in [-0.1, -0.05) is 17.7 Å². The van der Waals surface area contributed by atoms with Gasteiger partial charge in [-0.15, -0.1) is 0 Å². The summed E-state index contributed by atoms with van der Waals surface area (Å²) in [6.45, 7) is 0.407. The second-order valence-corrected chi connectivity index (χ2v) is 5.42. The van der Waals surface area contributed by atoms with Crippen molar-refractivity contribution < 1.29 is 9.66 Å². The van der Waals surface area contributed by atoms with Crippen LogP contribution in [0.1, 0.15) is 5.56 Å². The van der Waals surface area contributed by atoms with E-state index in [0.29, 0.717) is 28.1 Å². The Morgan fingerprint density at radius 1 is 1.35 bits per heavy atom. The number of nitro groups is 1. The summed E-state index contributed by atoms with van der Waals surface area (Å²) in [6, 6.07) is 11.4. The monoisotopic (exact) mass is 351 g/mol. The van der Waals surface area contributed by atoms with Crippen LogP contribution in [0.3, 0.4) is 0 Å². The Hall–Kier alpha value is -2.38. The van der Waals surface area contributed by atoms with E-state index in [2.05, 4.69) is 10.6 Å². The molecule has 0 radical (unpaired) electrons. The van der Waals surface area contributed by atoms with E-state index in [-0.39, 0.29) is 5.69 Å². The Bertz CT molecular complexity index is 740. The molecule has 0 spiro atoms. The normalized spacial score (nSPS) is 10.0. The Morgan fingerprint density at radius 2 is 2.13 bits per heavy atom. The van der Waals surface area contributed by atoms with Crippen molar-refractivity contribution in [1.29, 1.82) is 0 Å². The van der Waals surface area contributed by atoms with E-state index < -0.39 is 4.92 Å². The summed E-state index contributed by atoms with van der Waals surface area (Å²) in [4.78, 5) is 10.3. The van der Waals surface area contributed by atoms with Crippen molar-refractivity contribution in [3.8, 4) is 5.75 Å². The molecule has 6 nitrogen and oxygen atoms in total. The highest BCUT2D eigenvalue weighted by molar-refractivity contribution is 7.80. The van der Waals surface area contributed by atoms with Crippen LogP contribution < -0.4 is 15.4 Å². The van der Waals surface area contributed by atoms with Gasteiger partial charge in [0, 0.05) is 35.0 Å². The van der Waals surface area contributed by atoms with E-state index >= 15 is 0 Å². The molecule has 0 fully saturated rings. The molecule has 2 rings (SSSR count). The van der Waals surface area contributed by atoms with Gasteiger partial charge in [0.2, 0.25) is 0 Å². The zero-order valence-corrected chi connectivity index (χ0v) is 13.8. The number of benzene rings is 2. The third kappa shape index (κ3) is 4.80. The lowest BCUT2D eigenvalue weighted by molar-refractivity contribution is -0.384. The van der Waals surface area contributed by atoms with Crippen LogP contribution in [-0.4, -0.2) is 17.1 Å². The molecule has 0 saturated heterocycles. The zero-order valence-electron chi connectivity index (χ0n) is 12.2. The Morgan fingerprint density at radius 3 is 2.83 bits per heavy atom. The number of hydrogen-bond donors (Lipinski definition) is 2. The van der Waals surface area contributed by atoms with Gasteiger partial charge in [-0.25, -0.2) is 0 Å². The Balaban J connectivity index is 1.99. The molecule has 0 amide bonds. The molecule has 8 heteroatoms. The van der Waals surface area contributed by atoms with E-state index in [0.717, 1.165) is 5.56 Å². The van der Waals surface area contributed by atoms with Crippen molar-refractivity contribution in [3.63, 3.8) is 0 Å². The number of rotatable bonds is 5. The molecule has 0 heterocycles. The fourth-order valence-corrected chi connectivity index (χ4v) is 2.32. The van der Waals surface area contributed by atoms with E-state index in [1.54, 1.807) is 37.4 Å². The third-order valence-corrected chi connectivity index (χ3v) is 3.48. The molecule has 0 aliphatic heterocycles. The third-order valence-electron chi connectivity index (χ3n) is 3.00. The predicted molar refractivity (Wildman–Crippen MR) is 94.2 cm³/mol. The van der Waals surface area contributed by atoms with Crippen LogP contribution in [0.4, 0.5) is 11.4 Å². The maximum Gasteiger partial charge on any atom is 0.271 e. The van der Waals surface area contributed by atoms with Crippen molar-refractivity contribution in [3.05, 3.63) is 63.2 Å². The van der Waals surface area contributed by atoms with Crippen molar-refractivity contribution in [2.24, 2.45) is 0 Å². The lowest BCUT2D eigenvalue weighted by Crippen LogP contribution is -2.28. The average molecular weight is 352 g/mol. The lowest BCUT2D eigenvalue weighted by Gasteiger charge is -2.13. The van der Waals surface area contributed by atoms with Gasteiger partial charge in [-0.2, -0.15) is 0 Å². The first kappa shape index (κ1) is 17.0. The summed E-state index contributed by atoms with van der Waals surface area (Å²) in [5.74, 6) is 0.694. The first-order valence-electron chi connectivity index (χ1n) is 6.61. The molecule has 0 aliphatic carbocycles. The van der Waals surface area contributed by atoms with Crippen molar-refractivity contribution >= 4 is 40.3 Å². The van der Waals surface area contributed by atoms with Gasteiger partial charge in [0.15, 0.2) is 5.11 Å². The number of ether oxygens (including phenoxy) is 1. The quantitative estimate of drug-likeness (QED) is 0.485. The second kappa shape index (κ2) is 7.75. The molecular formula is C15H14ClN3O3S. The summed E-state index contributed by atoms with van der Waals surface area (Å²) < 4.78 is 5.26. The number of methoxy groups -OCH3 is 1. The minimum atomic E-state index is -0.460.